The molecule has 0 aromatic heterocycles. The monoisotopic (exact) mass is 246 g/mol. The molecule has 2 fully saturated rings. The SMILES string of the molecule is CCCN(CC1CCC1)C1CCNCC1.Cl. The van der Waals surface area contributed by atoms with Gasteiger partial charge in [-0.05, 0) is 57.7 Å². The molecule has 96 valence electrons. The van der Waals surface area contributed by atoms with Gasteiger partial charge < -0.3 is 10.2 Å². The summed E-state index contributed by atoms with van der Waals surface area (Å²) < 4.78 is 0. The minimum absolute atomic E-state index is 0. The lowest BCUT2D eigenvalue weighted by Crippen LogP contribution is -2.46. The van der Waals surface area contributed by atoms with Gasteiger partial charge in [-0.25, -0.2) is 0 Å². The Bertz CT molecular complexity index is 177. The molecule has 0 amide bonds. The van der Waals surface area contributed by atoms with E-state index in [0.29, 0.717) is 0 Å². The van der Waals surface area contributed by atoms with Gasteiger partial charge in [-0.1, -0.05) is 13.3 Å². The lowest BCUT2D eigenvalue weighted by Gasteiger charge is -2.39. The van der Waals surface area contributed by atoms with E-state index in [1.807, 2.05) is 0 Å². The van der Waals surface area contributed by atoms with Gasteiger partial charge in [0.05, 0.1) is 0 Å². The molecular weight excluding hydrogens is 220 g/mol. The van der Waals surface area contributed by atoms with Crippen LogP contribution in [-0.4, -0.2) is 37.1 Å². The second-order valence-corrected chi connectivity index (χ2v) is 5.27. The van der Waals surface area contributed by atoms with Gasteiger partial charge in [0.1, 0.15) is 0 Å². The molecule has 1 aliphatic heterocycles. The first-order valence-corrected chi connectivity index (χ1v) is 6.85. The summed E-state index contributed by atoms with van der Waals surface area (Å²) in [6, 6.07) is 0.881. The lowest BCUT2D eigenvalue weighted by molar-refractivity contribution is 0.112. The topological polar surface area (TPSA) is 15.3 Å². The third-order valence-corrected chi connectivity index (χ3v) is 4.05. The Hall–Kier alpha value is 0.210. The molecule has 1 saturated heterocycles. The maximum absolute atomic E-state index is 3.47. The number of hydrogen-bond donors (Lipinski definition) is 1. The van der Waals surface area contributed by atoms with Gasteiger partial charge in [0.15, 0.2) is 0 Å². The summed E-state index contributed by atoms with van der Waals surface area (Å²) in [4.78, 5) is 2.78. The molecular formula is C13H27ClN2. The fraction of sp³-hybridized carbons (Fsp3) is 1.00. The Kier molecular flexibility index (Phi) is 6.71. The average Bonchev–Trinajstić information content (AvgIpc) is 2.23. The summed E-state index contributed by atoms with van der Waals surface area (Å²) in [6.07, 6.45) is 8.52. The van der Waals surface area contributed by atoms with E-state index in [0.717, 1.165) is 12.0 Å². The van der Waals surface area contributed by atoms with E-state index in [1.165, 1.54) is 64.7 Å². The van der Waals surface area contributed by atoms with Crippen molar-refractivity contribution in [3.05, 3.63) is 0 Å². The van der Waals surface area contributed by atoms with Crippen molar-refractivity contribution in [2.45, 2.75) is 51.5 Å². The van der Waals surface area contributed by atoms with Crippen LogP contribution in [0.2, 0.25) is 0 Å². The predicted octanol–water partition coefficient (Wildman–Crippen LogP) is 2.67. The van der Waals surface area contributed by atoms with Gasteiger partial charge >= 0.3 is 0 Å². The van der Waals surface area contributed by atoms with E-state index in [-0.39, 0.29) is 12.4 Å². The van der Waals surface area contributed by atoms with Crippen molar-refractivity contribution in [1.82, 2.24) is 10.2 Å². The highest BCUT2D eigenvalue weighted by Gasteiger charge is 2.25. The predicted molar refractivity (Wildman–Crippen MR) is 72.3 cm³/mol. The fourth-order valence-corrected chi connectivity index (χ4v) is 2.89. The highest BCUT2D eigenvalue weighted by molar-refractivity contribution is 5.85. The minimum Gasteiger partial charge on any atom is -0.317 e. The van der Waals surface area contributed by atoms with Crippen LogP contribution in [0.4, 0.5) is 0 Å². The van der Waals surface area contributed by atoms with Gasteiger partial charge in [0.2, 0.25) is 0 Å². The van der Waals surface area contributed by atoms with Crippen LogP contribution in [0.25, 0.3) is 0 Å². The summed E-state index contributed by atoms with van der Waals surface area (Å²) >= 11 is 0. The summed E-state index contributed by atoms with van der Waals surface area (Å²) in [5.74, 6) is 1.03. The van der Waals surface area contributed by atoms with Crippen molar-refractivity contribution < 1.29 is 0 Å². The third kappa shape index (κ3) is 3.90. The zero-order chi connectivity index (χ0) is 10.5. The van der Waals surface area contributed by atoms with Gasteiger partial charge in [0, 0.05) is 12.6 Å². The molecule has 1 heterocycles. The van der Waals surface area contributed by atoms with Crippen molar-refractivity contribution in [2.75, 3.05) is 26.2 Å². The smallest absolute Gasteiger partial charge is 0.0119 e. The second kappa shape index (κ2) is 7.52. The molecule has 2 rings (SSSR count). The molecule has 0 spiro atoms. The van der Waals surface area contributed by atoms with Crippen LogP contribution in [0.15, 0.2) is 0 Å². The molecule has 0 bridgehead atoms. The molecule has 1 saturated carbocycles. The fourth-order valence-electron chi connectivity index (χ4n) is 2.89. The average molecular weight is 247 g/mol. The molecule has 0 radical (unpaired) electrons. The largest absolute Gasteiger partial charge is 0.317 e. The highest BCUT2D eigenvalue weighted by atomic mass is 35.5. The summed E-state index contributed by atoms with van der Waals surface area (Å²) in [5, 5.41) is 3.47. The lowest BCUT2D eigenvalue weighted by atomic mass is 9.84. The van der Waals surface area contributed by atoms with Crippen LogP contribution in [0.5, 0.6) is 0 Å². The molecule has 0 aromatic rings. The number of halogens is 1. The van der Waals surface area contributed by atoms with Crippen molar-refractivity contribution >= 4 is 12.4 Å². The van der Waals surface area contributed by atoms with E-state index in [9.17, 15) is 0 Å². The summed E-state index contributed by atoms with van der Waals surface area (Å²) in [5.41, 5.74) is 0. The van der Waals surface area contributed by atoms with Crippen molar-refractivity contribution in [1.29, 1.82) is 0 Å². The van der Waals surface area contributed by atoms with E-state index in [2.05, 4.69) is 17.1 Å². The van der Waals surface area contributed by atoms with Crippen molar-refractivity contribution in [2.24, 2.45) is 5.92 Å². The molecule has 16 heavy (non-hydrogen) atoms. The summed E-state index contributed by atoms with van der Waals surface area (Å²) in [7, 11) is 0. The number of nitrogens with zero attached hydrogens (tertiary/aromatic N) is 1. The molecule has 1 N–H and O–H groups in total. The maximum Gasteiger partial charge on any atom is 0.0119 e. The first-order valence-electron chi connectivity index (χ1n) is 6.85. The first kappa shape index (κ1) is 14.3. The van der Waals surface area contributed by atoms with E-state index in [1.54, 1.807) is 0 Å². The van der Waals surface area contributed by atoms with Gasteiger partial charge in [-0.2, -0.15) is 0 Å². The first-order chi connectivity index (χ1) is 7.40. The normalized spacial score (nSPS) is 22.9. The van der Waals surface area contributed by atoms with Crippen LogP contribution >= 0.6 is 12.4 Å². The van der Waals surface area contributed by atoms with Gasteiger partial charge in [0.25, 0.3) is 0 Å². The van der Waals surface area contributed by atoms with Crippen molar-refractivity contribution in [3.8, 4) is 0 Å². The molecule has 3 heteroatoms. The Morgan fingerprint density at radius 3 is 2.31 bits per heavy atom. The number of piperidine rings is 1. The Morgan fingerprint density at radius 1 is 1.12 bits per heavy atom. The molecule has 0 atom stereocenters. The second-order valence-electron chi connectivity index (χ2n) is 5.27. The molecule has 2 nitrogen and oxygen atoms in total. The molecule has 1 aliphatic carbocycles. The quantitative estimate of drug-likeness (QED) is 0.803. The molecule has 0 aromatic carbocycles. The van der Waals surface area contributed by atoms with Crippen LogP contribution < -0.4 is 5.32 Å². The Morgan fingerprint density at radius 2 is 1.81 bits per heavy atom. The minimum atomic E-state index is 0. The maximum atomic E-state index is 3.47. The van der Waals surface area contributed by atoms with Crippen LogP contribution in [0.1, 0.15) is 45.4 Å². The number of rotatable bonds is 5. The zero-order valence-corrected chi connectivity index (χ0v) is 11.4. The number of nitrogens with one attached hydrogen (secondary N) is 1. The third-order valence-electron chi connectivity index (χ3n) is 4.05. The molecule has 0 unspecified atom stereocenters. The van der Waals surface area contributed by atoms with Crippen LogP contribution in [0, 0.1) is 5.92 Å². The van der Waals surface area contributed by atoms with E-state index >= 15 is 0 Å². The van der Waals surface area contributed by atoms with Gasteiger partial charge in [-0.15, -0.1) is 12.4 Å². The standard InChI is InChI=1S/C13H26N2.ClH/c1-2-10-15(11-12-4-3-5-12)13-6-8-14-9-7-13;/h12-14H,2-11H2,1H3;1H. The molecule has 2 aliphatic rings. The van der Waals surface area contributed by atoms with E-state index in [4.69, 9.17) is 0 Å². The Balaban J connectivity index is 0.00000128. The highest BCUT2D eigenvalue weighted by Crippen LogP contribution is 2.28. The number of hydrogen-bond acceptors (Lipinski definition) is 2. The summed E-state index contributed by atoms with van der Waals surface area (Å²) in [6.45, 7) is 7.49. The Labute approximate surface area is 107 Å². The van der Waals surface area contributed by atoms with E-state index < -0.39 is 0 Å². The van der Waals surface area contributed by atoms with Crippen LogP contribution in [-0.2, 0) is 0 Å². The van der Waals surface area contributed by atoms with Crippen molar-refractivity contribution in [3.63, 3.8) is 0 Å². The zero-order valence-electron chi connectivity index (χ0n) is 10.6. The van der Waals surface area contributed by atoms with Crippen LogP contribution in [0.3, 0.4) is 0 Å². The van der Waals surface area contributed by atoms with Gasteiger partial charge in [-0.3, -0.25) is 0 Å².